The second-order valence-corrected chi connectivity index (χ2v) is 17.9. The topological polar surface area (TPSA) is 415 Å². The van der Waals surface area contributed by atoms with Crippen molar-refractivity contribution in [2.45, 2.75) is 0 Å². The second kappa shape index (κ2) is 15.7. The summed E-state index contributed by atoms with van der Waals surface area (Å²) in [5.74, 6) is 0. The van der Waals surface area contributed by atoms with Gasteiger partial charge >= 0.3 is 283 Å². The molecule has 0 bridgehead atoms. The molecule has 0 rings (SSSR count). The zero-order valence-electron chi connectivity index (χ0n) is 14.1. The van der Waals surface area contributed by atoms with Crippen molar-refractivity contribution in [2.24, 2.45) is 0 Å². The van der Waals surface area contributed by atoms with Crippen LogP contribution >= 0.6 is 0 Å². The average Bonchev–Trinajstić information content (AvgIpc) is 1.52. The first-order valence-electron chi connectivity index (χ1n) is 3.46. The molecule has 0 fully saturated rings. The van der Waals surface area contributed by atoms with Crippen LogP contribution in [0.5, 0.6) is 0 Å². The summed E-state index contributed by atoms with van der Waals surface area (Å²) in [4.78, 5) is 0. The molecule has 0 aliphatic rings. The molecule has 0 heterocycles. The predicted molar refractivity (Wildman–Crippen MR) is 50.2 cm³/mol. The van der Waals surface area contributed by atoms with Crippen molar-refractivity contribution < 1.29 is 282 Å². The fourth-order valence-corrected chi connectivity index (χ4v) is 0. The first-order valence-corrected chi connectivity index (χ1v) is 18.3. The molecular weight excluding hydrogens is 796 g/mol. The van der Waals surface area contributed by atoms with Gasteiger partial charge in [-0.1, -0.05) is 0 Å². The van der Waals surface area contributed by atoms with Gasteiger partial charge in [-0.05, 0) is 0 Å². The first kappa shape index (κ1) is 55.8. The van der Waals surface area contributed by atoms with Crippen LogP contribution < -0.4 is 219 Å². The Morgan fingerprint density at radius 3 is 0.429 bits per heavy atom. The van der Waals surface area contributed by atoms with E-state index in [1.54, 1.807) is 0 Å². The maximum absolute atomic E-state index is 9.11. The second-order valence-electron chi connectivity index (χ2n) is 3.12. The molecule has 160 valence electrons. The van der Waals surface area contributed by atoms with E-state index in [9.17, 15) is 0 Å². The minimum absolute atomic E-state index is 0. The Balaban J connectivity index is -0.0000000306. The normalized spacial score (nSPS) is 15.7. The molecule has 0 unspecified atom stereocenters. The van der Waals surface area contributed by atoms with E-state index in [1.807, 2.05) is 0 Å². The van der Waals surface area contributed by atoms with Crippen molar-refractivity contribution >= 4 is 56.6 Å². The van der Waals surface area contributed by atoms with Crippen LogP contribution in [-0.2, 0) is 20.8 Å². The van der Waals surface area contributed by atoms with Crippen molar-refractivity contribution in [1.29, 1.82) is 0 Å². The van der Waals surface area contributed by atoms with E-state index in [2.05, 4.69) is 0 Å². The van der Waals surface area contributed by atoms with Crippen LogP contribution in [0.1, 0.15) is 0 Å². The van der Waals surface area contributed by atoms with Crippen LogP contribution in [0.4, 0.5) is 0 Å². The van der Waals surface area contributed by atoms with Crippen LogP contribution in [0, 0.1) is 0 Å². The third kappa shape index (κ3) is 642. The van der Waals surface area contributed by atoms with Gasteiger partial charge < -0.3 is 18.2 Å². The molecule has 0 saturated heterocycles. The fraction of sp³-hybridized carbons (Fsp3) is 0. The summed E-state index contributed by atoms with van der Waals surface area (Å²) >= 11 is -17.4. The standard InChI is InChI=1S/4K.2H6O6Te.2H2O4S/c;;;;2*1-7(2,3,4,5)6;2*1-5(2,3)4/h;;;;2*1-6H;2*(H2,1,2,3,4)/q4*+1;;;;/p-8. The van der Waals surface area contributed by atoms with E-state index in [0.29, 0.717) is 0 Å². The van der Waals surface area contributed by atoms with Gasteiger partial charge in [0.15, 0.2) is 0 Å². The van der Waals surface area contributed by atoms with Gasteiger partial charge in [0.05, 0.1) is 0 Å². The van der Waals surface area contributed by atoms with Crippen LogP contribution in [0.2, 0.25) is 0 Å². The molecule has 0 spiro atoms. The quantitative estimate of drug-likeness (QED) is 0.0640. The summed E-state index contributed by atoms with van der Waals surface area (Å²) < 4.78 is 162. The molecule has 0 aromatic carbocycles. The Bertz CT molecular complexity index is 500. The zero-order chi connectivity index (χ0) is 21.8. The van der Waals surface area contributed by atoms with Gasteiger partial charge in [0.25, 0.3) is 0 Å². The SMILES string of the molecule is O=S(=O)([O-])[O-].O=S(=O)([O-])[O-].[K+].[K+].[K+].[K+].[O-][Te]([O-])(O)(O)(O)O.[O-][Te]([O-])(O)(O)(O)O. The molecule has 8 N–H and O–H groups in total. The number of hydrogen-bond donors (Lipinski definition) is 8. The molecule has 0 aromatic rings. The summed E-state index contributed by atoms with van der Waals surface area (Å²) in [6.07, 6.45) is 0. The summed E-state index contributed by atoms with van der Waals surface area (Å²) in [5, 5.41) is 0. The average molecular weight is 804 g/mol. The van der Waals surface area contributed by atoms with Gasteiger partial charge in [0.2, 0.25) is 0 Å². The molecule has 0 aliphatic heterocycles. The van der Waals surface area contributed by atoms with E-state index in [-0.39, 0.29) is 206 Å². The Morgan fingerprint density at radius 1 is 0.429 bits per heavy atom. The van der Waals surface area contributed by atoms with Crippen LogP contribution in [0.25, 0.3) is 0 Å². The molecule has 0 atom stereocenters. The molecule has 0 saturated carbocycles. The van der Waals surface area contributed by atoms with Crippen molar-refractivity contribution in [3.05, 3.63) is 0 Å². The van der Waals surface area contributed by atoms with Crippen LogP contribution in [-0.4, -0.2) is 98.6 Å². The van der Waals surface area contributed by atoms with E-state index in [0.717, 1.165) is 0 Å². The molecule has 0 aromatic heterocycles. The Kier molecular flexibility index (Phi) is 31.3. The van der Waals surface area contributed by atoms with E-state index in [1.165, 1.54) is 0 Å². The van der Waals surface area contributed by atoms with Gasteiger partial charge in [-0.3, -0.25) is 16.8 Å². The molecule has 20 nitrogen and oxygen atoms in total. The number of hydrogen-bond acceptors (Lipinski definition) is 20. The summed E-state index contributed by atoms with van der Waals surface area (Å²) in [6, 6.07) is 0. The van der Waals surface area contributed by atoms with Crippen LogP contribution in [0.15, 0.2) is 0 Å². The van der Waals surface area contributed by atoms with Gasteiger partial charge in [-0.2, -0.15) is 0 Å². The van der Waals surface area contributed by atoms with Gasteiger partial charge in [0, 0.05) is 20.8 Å². The molecule has 0 amide bonds. The Morgan fingerprint density at radius 2 is 0.429 bits per heavy atom. The van der Waals surface area contributed by atoms with Gasteiger partial charge in [0.1, 0.15) is 0 Å². The molecule has 0 radical (unpaired) electrons. The van der Waals surface area contributed by atoms with Crippen LogP contribution in [0.3, 0.4) is 0 Å². The predicted octanol–water partition coefficient (Wildman–Crippen LogP) is -24.6. The van der Waals surface area contributed by atoms with Crippen molar-refractivity contribution in [3.63, 3.8) is 0 Å². The molecular formula is H8K4O20S2Te2-4. The molecule has 28 heteroatoms. The van der Waals surface area contributed by atoms with E-state index in [4.69, 9.17) is 76.7 Å². The molecule has 0 aliphatic carbocycles. The fourth-order valence-electron chi connectivity index (χ4n) is 0. The van der Waals surface area contributed by atoms with E-state index < -0.39 is 56.6 Å². The zero-order valence-corrected chi connectivity index (χ0v) is 32.9. The number of rotatable bonds is 0. The Labute approximate surface area is 328 Å². The third-order valence-corrected chi connectivity index (χ3v) is 0. The van der Waals surface area contributed by atoms with Gasteiger partial charge in [-0.25, -0.2) is 0 Å². The summed E-state index contributed by atoms with van der Waals surface area (Å²) in [6.45, 7) is 0. The van der Waals surface area contributed by atoms with E-state index >= 15 is 0 Å². The monoisotopic (exact) mass is 808 g/mol. The Hall–Kier alpha value is 7.38. The summed E-state index contributed by atoms with van der Waals surface area (Å²) in [7, 11) is -10.3. The molecule has 28 heavy (non-hydrogen) atoms. The maximum atomic E-state index is 9.11. The van der Waals surface area contributed by atoms with Crippen molar-refractivity contribution in [1.82, 2.24) is 0 Å². The third-order valence-electron chi connectivity index (χ3n) is 0. The van der Waals surface area contributed by atoms with Gasteiger partial charge in [-0.15, -0.1) is 0 Å². The minimum atomic E-state index is -8.68. The summed E-state index contributed by atoms with van der Waals surface area (Å²) in [5.41, 5.74) is 0. The van der Waals surface area contributed by atoms with Crippen molar-refractivity contribution in [2.75, 3.05) is 0 Å². The van der Waals surface area contributed by atoms with Crippen molar-refractivity contribution in [3.8, 4) is 0 Å². The first-order chi connectivity index (χ1) is 8.90.